The van der Waals surface area contributed by atoms with Crippen molar-refractivity contribution in [1.82, 2.24) is 4.72 Å². The molecule has 0 saturated carbocycles. The monoisotopic (exact) mass is 255 g/mol. The minimum Gasteiger partial charge on any atom is -0.208 e. The van der Waals surface area contributed by atoms with E-state index >= 15 is 0 Å². The van der Waals surface area contributed by atoms with Crippen LogP contribution in [0.5, 0.6) is 0 Å². The lowest BCUT2D eigenvalue weighted by Crippen LogP contribution is -2.36. The van der Waals surface area contributed by atoms with Gasteiger partial charge in [-0.2, -0.15) is 0 Å². The molecule has 17 heavy (non-hydrogen) atoms. The molecule has 1 atom stereocenters. The first-order chi connectivity index (χ1) is 7.86. The third-order valence-corrected chi connectivity index (χ3v) is 4.56. The topological polar surface area (TPSA) is 46.2 Å². The Labute approximate surface area is 104 Å². The van der Waals surface area contributed by atoms with Crippen LogP contribution in [0.25, 0.3) is 0 Å². The molecule has 3 nitrogen and oxygen atoms in total. The zero-order valence-electron chi connectivity index (χ0n) is 10.9. The van der Waals surface area contributed by atoms with E-state index < -0.39 is 10.0 Å². The lowest BCUT2D eigenvalue weighted by molar-refractivity contribution is 0.476. The van der Waals surface area contributed by atoms with Gasteiger partial charge in [0.05, 0.1) is 4.90 Å². The highest BCUT2D eigenvalue weighted by atomic mass is 32.2. The summed E-state index contributed by atoms with van der Waals surface area (Å²) in [4.78, 5) is 0.335. The summed E-state index contributed by atoms with van der Waals surface area (Å²) in [5.41, 5.74) is 1.14. The van der Waals surface area contributed by atoms with Crippen LogP contribution in [0.2, 0.25) is 0 Å². The number of sulfonamides is 1. The molecule has 1 unspecified atom stereocenters. The molecule has 0 aliphatic heterocycles. The molecule has 0 spiro atoms. The zero-order chi connectivity index (χ0) is 13.1. The molecular weight excluding hydrogens is 234 g/mol. The lowest BCUT2D eigenvalue weighted by atomic mass is 10.1. The Morgan fingerprint density at radius 1 is 1.12 bits per heavy atom. The molecule has 0 aliphatic carbocycles. The van der Waals surface area contributed by atoms with Gasteiger partial charge in [-0.3, -0.25) is 0 Å². The Kier molecular flexibility index (Phi) is 4.71. The fraction of sp³-hybridized carbons (Fsp3) is 0.538. The van der Waals surface area contributed by atoms with Crippen molar-refractivity contribution in [3.8, 4) is 0 Å². The smallest absolute Gasteiger partial charge is 0.208 e. The minimum absolute atomic E-state index is 0.0640. The summed E-state index contributed by atoms with van der Waals surface area (Å²) in [7, 11) is -3.38. The summed E-state index contributed by atoms with van der Waals surface area (Å²) in [6, 6.07) is 6.97. The van der Waals surface area contributed by atoms with E-state index in [4.69, 9.17) is 0 Å². The molecule has 1 aromatic carbocycles. The third-order valence-electron chi connectivity index (χ3n) is 2.98. The maximum atomic E-state index is 12.0. The minimum atomic E-state index is -3.38. The predicted octanol–water partition coefficient (Wildman–Crippen LogP) is 2.57. The Morgan fingerprint density at radius 2 is 1.65 bits per heavy atom. The van der Waals surface area contributed by atoms with Crippen molar-refractivity contribution in [2.24, 2.45) is 5.92 Å². The maximum Gasteiger partial charge on any atom is 0.240 e. The molecule has 0 heterocycles. The maximum absolute atomic E-state index is 12.0. The summed E-state index contributed by atoms with van der Waals surface area (Å²) in [5.74, 6) is 0.277. The number of benzene rings is 1. The van der Waals surface area contributed by atoms with Gasteiger partial charge in [0.25, 0.3) is 0 Å². The first kappa shape index (κ1) is 14.2. The Hall–Kier alpha value is -0.870. The van der Waals surface area contributed by atoms with E-state index in [1.165, 1.54) is 0 Å². The van der Waals surface area contributed by atoms with E-state index in [-0.39, 0.29) is 12.0 Å². The second-order valence-electron chi connectivity index (χ2n) is 4.65. The second kappa shape index (κ2) is 5.65. The van der Waals surface area contributed by atoms with Crippen LogP contribution in [0, 0.1) is 5.92 Å². The highest BCUT2D eigenvalue weighted by molar-refractivity contribution is 7.89. The van der Waals surface area contributed by atoms with Gasteiger partial charge in [-0.05, 0) is 37.0 Å². The molecule has 1 N–H and O–H groups in total. The van der Waals surface area contributed by atoms with Crippen LogP contribution in [0.1, 0.15) is 33.3 Å². The lowest BCUT2D eigenvalue weighted by Gasteiger charge is -2.17. The Balaban J connectivity index is 2.89. The molecule has 96 valence electrons. The van der Waals surface area contributed by atoms with Crippen LogP contribution < -0.4 is 4.72 Å². The van der Waals surface area contributed by atoms with E-state index in [2.05, 4.69) is 4.72 Å². The van der Waals surface area contributed by atoms with Gasteiger partial charge in [0, 0.05) is 6.04 Å². The number of rotatable bonds is 5. The summed E-state index contributed by atoms with van der Waals surface area (Å²) in [6.45, 7) is 7.91. The first-order valence-electron chi connectivity index (χ1n) is 5.98. The van der Waals surface area contributed by atoms with E-state index in [1.807, 2.05) is 39.8 Å². The van der Waals surface area contributed by atoms with Crippen LogP contribution in [0.15, 0.2) is 29.2 Å². The Bertz CT molecular complexity index is 449. The molecule has 0 aliphatic rings. The number of hydrogen-bond donors (Lipinski definition) is 1. The summed E-state index contributed by atoms with van der Waals surface area (Å²) in [6.07, 6.45) is 0.913. The van der Waals surface area contributed by atoms with Gasteiger partial charge in [0.1, 0.15) is 0 Å². The SMILES string of the molecule is CCc1ccc(S(=O)(=O)NC(C)C(C)C)cc1. The van der Waals surface area contributed by atoms with Crippen LogP contribution in [0.4, 0.5) is 0 Å². The van der Waals surface area contributed by atoms with Crippen LogP contribution in [-0.2, 0) is 16.4 Å². The molecule has 1 rings (SSSR count). The molecule has 0 bridgehead atoms. The number of hydrogen-bond acceptors (Lipinski definition) is 2. The fourth-order valence-corrected chi connectivity index (χ4v) is 2.75. The average Bonchev–Trinajstić information content (AvgIpc) is 2.28. The summed E-state index contributed by atoms with van der Waals surface area (Å²) >= 11 is 0. The molecule has 1 aromatic rings. The van der Waals surface area contributed by atoms with Crippen molar-refractivity contribution < 1.29 is 8.42 Å². The van der Waals surface area contributed by atoms with Crippen molar-refractivity contribution in [3.05, 3.63) is 29.8 Å². The van der Waals surface area contributed by atoms with E-state index in [1.54, 1.807) is 12.1 Å². The molecule has 0 fully saturated rings. The second-order valence-corrected chi connectivity index (χ2v) is 6.37. The van der Waals surface area contributed by atoms with Gasteiger partial charge in [0.15, 0.2) is 0 Å². The van der Waals surface area contributed by atoms with Crippen molar-refractivity contribution in [2.45, 2.75) is 45.1 Å². The molecule has 0 saturated heterocycles. The van der Waals surface area contributed by atoms with Crippen LogP contribution in [-0.4, -0.2) is 14.5 Å². The average molecular weight is 255 g/mol. The van der Waals surface area contributed by atoms with Gasteiger partial charge in [-0.15, -0.1) is 0 Å². The van der Waals surface area contributed by atoms with Crippen LogP contribution >= 0.6 is 0 Å². The zero-order valence-corrected chi connectivity index (χ0v) is 11.7. The van der Waals surface area contributed by atoms with Gasteiger partial charge in [-0.1, -0.05) is 32.9 Å². The fourth-order valence-electron chi connectivity index (χ4n) is 1.35. The number of nitrogens with one attached hydrogen (secondary N) is 1. The van der Waals surface area contributed by atoms with Gasteiger partial charge in [-0.25, -0.2) is 13.1 Å². The highest BCUT2D eigenvalue weighted by Gasteiger charge is 2.18. The molecule has 0 radical (unpaired) electrons. The van der Waals surface area contributed by atoms with Crippen LogP contribution in [0.3, 0.4) is 0 Å². The molecule has 4 heteroatoms. The largest absolute Gasteiger partial charge is 0.240 e. The predicted molar refractivity (Wildman–Crippen MR) is 70.4 cm³/mol. The van der Waals surface area contributed by atoms with Gasteiger partial charge >= 0.3 is 0 Å². The van der Waals surface area contributed by atoms with Crippen molar-refractivity contribution in [1.29, 1.82) is 0 Å². The summed E-state index contributed by atoms with van der Waals surface area (Å²) < 4.78 is 26.8. The Morgan fingerprint density at radius 3 is 2.06 bits per heavy atom. The van der Waals surface area contributed by atoms with Crippen molar-refractivity contribution in [3.63, 3.8) is 0 Å². The third kappa shape index (κ3) is 3.82. The van der Waals surface area contributed by atoms with E-state index in [9.17, 15) is 8.42 Å². The van der Waals surface area contributed by atoms with E-state index in [0.717, 1.165) is 12.0 Å². The van der Waals surface area contributed by atoms with Gasteiger partial charge in [0.2, 0.25) is 10.0 Å². The molecule has 0 amide bonds. The highest BCUT2D eigenvalue weighted by Crippen LogP contribution is 2.13. The van der Waals surface area contributed by atoms with Crippen molar-refractivity contribution >= 4 is 10.0 Å². The quantitative estimate of drug-likeness (QED) is 0.879. The summed E-state index contributed by atoms with van der Waals surface area (Å²) in [5, 5.41) is 0. The van der Waals surface area contributed by atoms with Crippen molar-refractivity contribution in [2.75, 3.05) is 0 Å². The normalized spacial score (nSPS) is 13.9. The molecule has 0 aromatic heterocycles. The first-order valence-corrected chi connectivity index (χ1v) is 7.46. The molecular formula is C13H21NO2S. The number of aryl methyl sites for hydroxylation is 1. The standard InChI is InChI=1S/C13H21NO2S/c1-5-12-6-8-13(9-7-12)17(15,16)14-11(4)10(2)3/h6-11,14H,5H2,1-4H3. The van der Waals surface area contributed by atoms with Gasteiger partial charge < -0.3 is 0 Å². The van der Waals surface area contributed by atoms with E-state index in [0.29, 0.717) is 4.90 Å².